The molecule has 3 aromatic rings. The van der Waals surface area contributed by atoms with Gasteiger partial charge in [-0.3, -0.25) is 4.99 Å². The van der Waals surface area contributed by atoms with E-state index in [2.05, 4.69) is 30.6 Å². The molecule has 7 nitrogen and oxygen atoms in total. The summed E-state index contributed by atoms with van der Waals surface area (Å²) in [5.41, 5.74) is 8.30. The van der Waals surface area contributed by atoms with Gasteiger partial charge < -0.3 is 21.4 Å². The largest absolute Gasteiger partial charge is 0.404 e. The van der Waals surface area contributed by atoms with E-state index in [-0.39, 0.29) is 11.9 Å². The first-order valence-corrected chi connectivity index (χ1v) is 8.74. The molecule has 8 heteroatoms. The maximum absolute atomic E-state index is 13.2. The van der Waals surface area contributed by atoms with Crippen molar-refractivity contribution in [1.29, 1.82) is 0 Å². The molecule has 28 heavy (non-hydrogen) atoms. The Bertz CT molecular complexity index is 963. The fraction of sp³-hybridized carbons (Fsp3) is 0.150. The number of nitrogens with one attached hydrogen (secondary N) is 3. The number of halogens is 1. The Morgan fingerprint density at radius 3 is 2.64 bits per heavy atom. The fourth-order valence-electron chi connectivity index (χ4n) is 2.70. The van der Waals surface area contributed by atoms with E-state index in [0.29, 0.717) is 17.6 Å². The number of imidazole rings is 1. The molecule has 0 fully saturated rings. The number of aliphatic imine (C=N–C) groups is 1. The van der Waals surface area contributed by atoms with Gasteiger partial charge in [0.2, 0.25) is 5.95 Å². The van der Waals surface area contributed by atoms with Crippen LogP contribution >= 0.6 is 0 Å². The molecule has 1 atom stereocenters. The van der Waals surface area contributed by atoms with E-state index in [9.17, 15) is 4.39 Å². The summed E-state index contributed by atoms with van der Waals surface area (Å²) in [6.07, 6.45) is 6.54. The van der Waals surface area contributed by atoms with Crippen molar-refractivity contribution in [1.82, 2.24) is 15.0 Å². The third kappa shape index (κ3) is 4.73. The zero-order valence-electron chi connectivity index (χ0n) is 15.6. The van der Waals surface area contributed by atoms with Crippen molar-refractivity contribution in [2.75, 3.05) is 17.7 Å². The molecule has 0 bridgehead atoms. The Morgan fingerprint density at radius 2 is 2.00 bits per heavy atom. The molecular formula is C20H22FN7. The predicted molar refractivity (Wildman–Crippen MR) is 111 cm³/mol. The van der Waals surface area contributed by atoms with E-state index < -0.39 is 0 Å². The molecule has 0 aliphatic carbocycles. The first kappa shape index (κ1) is 19.1. The molecule has 0 aliphatic rings. The van der Waals surface area contributed by atoms with Crippen molar-refractivity contribution in [3.8, 4) is 0 Å². The summed E-state index contributed by atoms with van der Waals surface area (Å²) in [5, 5.41) is 6.47. The van der Waals surface area contributed by atoms with Gasteiger partial charge in [0.25, 0.3) is 0 Å². The Kier molecular flexibility index (Phi) is 6.01. The number of pyridine rings is 1. The summed E-state index contributed by atoms with van der Waals surface area (Å²) in [4.78, 5) is 15.8. The third-order valence-corrected chi connectivity index (χ3v) is 4.09. The maximum Gasteiger partial charge on any atom is 0.205 e. The molecule has 1 aromatic carbocycles. The molecule has 5 N–H and O–H groups in total. The Hall–Kier alpha value is -3.68. The number of aromatic amines is 1. The number of benzene rings is 1. The summed E-state index contributed by atoms with van der Waals surface area (Å²) in [6.45, 7) is 1.98. The van der Waals surface area contributed by atoms with Gasteiger partial charge in [0, 0.05) is 43.5 Å². The normalized spacial score (nSPS) is 12.9. The van der Waals surface area contributed by atoms with Gasteiger partial charge in [0.1, 0.15) is 17.5 Å². The van der Waals surface area contributed by atoms with Crippen molar-refractivity contribution in [2.24, 2.45) is 10.7 Å². The number of H-pyrrole nitrogens is 1. The van der Waals surface area contributed by atoms with E-state index in [1.165, 1.54) is 18.3 Å². The highest BCUT2D eigenvalue weighted by Crippen LogP contribution is 2.25. The van der Waals surface area contributed by atoms with Crippen LogP contribution in [0.15, 0.2) is 60.0 Å². The number of nitrogens with two attached hydrogens (primary N) is 1. The van der Waals surface area contributed by atoms with Crippen molar-refractivity contribution in [2.45, 2.75) is 13.0 Å². The van der Waals surface area contributed by atoms with Crippen LogP contribution in [0.2, 0.25) is 0 Å². The van der Waals surface area contributed by atoms with E-state index in [1.807, 2.05) is 19.1 Å². The second-order valence-corrected chi connectivity index (χ2v) is 6.12. The monoisotopic (exact) mass is 379 g/mol. The Labute approximate surface area is 162 Å². The van der Waals surface area contributed by atoms with Gasteiger partial charge in [-0.05, 0) is 42.3 Å². The van der Waals surface area contributed by atoms with E-state index in [1.54, 1.807) is 37.8 Å². The minimum atomic E-state index is -0.266. The second kappa shape index (κ2) is 8.81. The highest BCUT2D eigenvalue weighted by atomic mass is 19.1. The molecule has 3 rings (SSSR count). The number of allylic oxidation sites excluding steroid dienone is 1. The number of hydrogen-bond acceptors (Lipinski definition) is 6. The minimum Gasteiger partial charge on any atom is -0.404 e. The first-order chi connectivity index (χ1) is 13.6. The van der Waals surface area contributed by atoms with Crippen LogP contribution in [0.5, 0.6) is 0 Å². The van der Waals surface area contributed by atoms with Gasteiger partial charge in [-0.2, -0.15) is 0 Å². The zero-order chi connectivity index (χ0) is 19.9. The standard InChI is InChI=1S/C20H22FN7/c1-13(14-3-5-17(21)6-4-14)26-18-9-15(16(11-22)12-23-2)10-19(27-18)28-20-24-7-8-25-20/h3-13H,22H2,1-2H3,(H3,24,25,26,27,28). The highest BCUT2D eigenvalue weighted by Gasteiger charge is 2.11. The fourth-order valence-corrected chi connectivity index (χ4v) is 2.70. The summed E-state index contributed by atoms with van der Waals surface area (Å²) < 4.78 is 13.2. The molecule has 144 valence electrons. The van der Waals surface area contributed by atoms with Crippen LogP contribution in [0.1, 0.15) is 24.1 Å². The average molecular weight is 379 g/mol. The second-order valence-electron chi connectivity index (χ2n) is 6.12. The number of aromatic nitrogens is 3. The van der Waals surface area contributed by atoms with Gasteiger partial charge >= 0.3 is 0 Å². The van der Waals surface area contributed by atoms with Crippen molar-refractivity contribution >= 4 is 29.4 Å². The van der Waals surface area contributed by atoms with Gasteiger partial charge in [-0.1, -0.05) is 12.1 Å². The molecule has 0 amide bonds. The third-order valence-electron chi connectivity index (χ3n) is 4.09. The number of hydrogen-bond donors (Lipinski definition) is 4. The summed E-state index contributed by atoms with van der Waals surface area (Å²) in [7, 11) is 1.68. The van der Waals surface area contributed by atoms with E-state index in [0.717, 1.165) is 16.7 Å². The van der Waals surface area contributed by atoms with Crippen LogP contribution in [0.3, 0.4) is 0 Å². The first-order valence-electron chi connectivity index (χ1n) is 8.74. The zero-order valence-corrected chi connectivity index (χ0v) is 15.6. The molecule has 2 aromatic heterocycles. The summed E-state index contributed by atoms with van der Waals surface area (Å²) in [5.74, 6) is 1.53. The van der Waals surface area contributed by atoms with Crippen LogP contribution in [0.25, 0.3) is 5.57 Å². The van der Waals surface area contributed by atoms with Crippen LogP contribution < -0.4 is 16.4 Å². The number of anilines is 3. The summed E-state index contributed by atoms with van der Waals surface area (Å²) >= 11 is 0. The van der Waals surface area contributed by atoms with Crippen LogP contribution in [0, 0.1) is 5.82 Å². The highest BCUT2D eigenvalue weighted by molar-refractivity contribution is 6.10. The SMILES string of the molecule is CN=CC(=CN)c1cc(Nc2ncc[nH]2)nc(NC(C)c2ccc(F)cc2)c1. The number of rotatable bonds is 7. The predicted octanol–water partition coefficient (Wildman–Crippen LogP) is 3.86. The molecule has 2 heterocycles. The minimum absolute atomic E-state index is 0.0787. The molecule has 0 radical (unpaired) electrons. The van der Waals surface area contributed by atoms with Crippen molar-refractivity contribution in [3.05, 3.63) is 71.9 Å². The topological polar surface area (TPSA) is 104 Å². The van der Waals surface area contributed by atoms with Gasteiger partial charge in [-0.25, -0.2) is 14.4 Å². The molecule has 0 saturated heterocycles. The van der Waals surface area contributed by atoms with Crippen molar-refractivity contribution < 1.29 is 4.39 Å². The van der Waals surface area contributed by atoms with Gasteiger partial charge in [0.05, 0.1) is 0 Å². The molecule has 0 spiro atoms. The van der Waals surface area contributed by atoms with E-state index in [4.69, 9.17) is 5.73 Å². The van der Waals surface area contributed by atoms with Crippen LogP contribution in [0.4, 0.5) is 22.0 Å². The van der Waals surface area contributed by atoms with Crippen LogP contribution in [-0.4, -0.2) is 28.2 Å². The van der Waals surface area contributed by atoms with E-state index >= 15 is 0 Å². The Balaban J connectivity index is 1.92. The molecule has 0 saturated carbocycles. The summed E-state index contributed by atoms with van der Waals surface area (Å²) in [6, 6.07) is 10.0. The lowest BCUT2D eigenvalue weighted by Gasteiger charge is -2.17. The van der Waals surface area contributed by atoms with Crippen LogP contribution in [-0.2, 0) is 0 Å². The van der Waals surface area contributed by atoms with Gasteiger partial charge in [0.15, 0.2) is 0 Å². The average Bonchev–Trinajstić information content (AvgIpc) is 3.19. The molecular weight excluding hydrogens is 357 g/mol. The molecule has 1 unspecified atom stereocenters. The van der Waals surface area contributed by atoms with Gasteiger partial charge in [-0.15, -0.1) is 0 Å². The quantitative estimate of drug-likeness (QED) is 0.467. The maximum atomic E-state index is 13.2. The lowest BCUT2D eigenvalue weighted by molar-refractivity contribution is 0.626. The lowest BCUT2D eigenvalue weighted by Crippen LogP contribution is -2.09. The Morgan fingerprint density at radius 1 is 1.25 bits per heavy atom. The smallest absolute Gasteiger partial charge is 0.205 e. The van der Waals surface area contributed by atoms with Crippen molar-refractivity contribution in [3.63, 3.8) is 0 Å². The number of nitrogens with zero attached hydrogens (tertiary/aromatic N) is 3. The lowest BCUT2D eigenvalue weighted by atomic mass is 10.1. The molecule has 0 aliphatic heterocycles.